The molecule has 0 spiro atoms. The quantitative estimate of drug-likeness (QED) is 0.677. The van der Waals surface area contributed by atoms with E-state index in [0.29, 0.717) is 0 Å². The predicted octanol–water partition coefficient (Wildman–Crippen LogP) is 2.51. The highest BCUT2D eigenvalue weighted by atomic mass is 16.5. The zero-order chi connectivity index (χ0) is 9.81. The summed E-state index contributed by atoms with van der Waals surface area (Å²) in [6, 6.07) is 8.52. The summed E-state index contributed by atoms with van der Waals surface area (Å²) in [6.07, 6.45) is 1.10. The van der Waals surface area contributed by atoms with E-state index in [2.05, 4.69) is 43.4 Å². The zero-order valence-corrected chi connectivity index (χ0v) is 8.63. The van der Waals surface area contributed by atoms with Crippen LogP contribution in [0.15, 0.2) is 24.3 Å². The molecule has 0 aliphatic carbocycles. The number of rotatable bonds is 0. The van der Waals surface area contributed by atoms with E-state index in [4.69, 9.17) is 4.74 Å². The van der Waals surface area contributed by atoms with Crippen molar-refractivity contribution in [1.82, 2.24) is 0 Å². The van der Waals surface area contributed by atoms with E-state index in [9.17, 15) is 0 Å². The predicted molar refractivity (Wildman–Crippen MR) is 56.4 cm³/mol. The summed E-state index contributed by atoms with van der Waals surface area (Å²) in [5.74, 6) is 0. The smallest absolute Gasteiger partial charge is 0.145 e. The van der Waals surface area contributed by atoms with Gasteiger partial charge in [0.1, 0.15) is 5.72 Å². The molecule has 74 valence electrons. The molecule has 14 heavy (non-hydrogen) atoms. The molecule has 0 saturated carbocycles. The Kier molecular flexibility index (Phi) is 1.37. The first-order chi connectivity index (χ1) is 6.66. The molecule has 0 amide bonds. The van der Waals surface area contributed by atoms with Crippen LogP contribution in [-0.4, -0.2) is 12.3 Å². The van der Waals surface area contributed by atoms with Gasteiger partial charge in [0.05, 0.1) is 6.61 Å². The van der Waals surface area contributed by atoms with Crippen molar-refractivity contribution in [2.24, 2.45) is 0 Å². The lowest BCUT2D eigenvalue weighted by atomic mass is 9.76. The number of nitrogens with one attached hydrogen (secondary N) is 1. The molecule has 2 atom stereocenters. The van der Waals surface area contributed by atoms with Gasteiger partial charge in [0, 0.05) is 11.1 Å². The van der Waals surface area contributed by atoms with Crippen molar-refractivity contribution in [2.45, 2.75) is 31.4 Å². The third-order valence-corrected chi connectivity index (χ3v) is 3.94. The maximum absolute atomic E-state index is 5.84. The lowest BCUT2D eigenvalue weighted by molar-refractivity contribution is 0.0182. The van der Waals surface area contributed by atoms with Crippen molar-refractivity contribution in [1.29, 1.82) is 0 Å². The fourth-order valence-electron chi connectivity index (χ4n) is 2.75. The van der Waals surface area contributed by atoms with Crippen molar-refractivity contribution in [2.75, 3.05) is 11.9 Å². The Morgan fingerprint density at radius 1 is 1.29 bits per heavy atom. The fourth-order valence-corrected chi connectivity index (χ4v) is 2.75. The third-order valence-electron chi connectivity index (χ3n) is 3.94. The average molecular weight is 189 g/mol. The van der Waals surface area contributed by atoms with Gasteiger partial charge in [-0.1, -0.05) is 25.1 Å². The van der Waals surface area contributed by atoms with Crippen LogP contribution in [0.4, 0.5) is 5.69 Å². The number of fused-ring (bicyclic) bond motifs is 3. The largest absolute Gasteiger partial charge is 0.357 e. The number of ether oxygens (including phenoxy) is 1. The monoisotopic (exact) mass is 189 g/mol. The van der Waals surface area contributed by atoms with E-state index >= 15 is 0 Å². The van der Waals surface area contributed by atoms with Gasteiger partial charge in [-0.2, -0.15) is 0 Å². The van der Waals surface area contributed by atoms with Crippen molar-refractivity contribution < 1.29 is 4.74 Å². The SMILES string of the molecule is CC12Nc3ccccc3C1(C)CCO2. The van der Waals surface area contributed by atoms with Gasteiger partial charge in [-0.05, 0) is 25.0 Å². The molecule has 1 aromatic carbocycles. The lowest BCUT2D eigenvalue weighted by Crippen LogP contribution is -2.44. The van der Waals surface area contributed by atoms with E-state index in [0.717, 1.165) is 13.0 Å². The highest BCUT2D eigenvalue weighted by molar-refractivity contribution is 5.63. The van der Waals surface area contributed by atoms with Gasteiger partial charge in [0.2, 0.25) is 0 Å². The minimum atomic E-state index is -0.198. The average Bonchev–Trinajstić information content (AvgIpc) is 2.54. The normalized spacial score (nSPS) is 39.0. The summed E-state index contributed by atoms with van der Waals surface area (Å²) in [5, 5.41) is 3.49. The van der Waals surface area contributed by atoms with E-state index in [1.165, 1.54) is 11.3 Å². The molecule has 1 saturated heterocycles. The van der Waals surface area contributed by atoms with Gasteiger partial charge in [-0.25, -0.2) is 0 Å². The third kappa shape index (κ3) is 0.758. The second kappa shape index (κ2) is 2.31. The molecular weight excluding hydrogens is 174 g/mol. The first kappa shape index (κ1) is 8.30. The topological polar surface area (TPSA) is 21.3 Å². The number of hydrogen-bond donors (Lipinski definition) is 1. The minimum absolute atomic E-state index is 0.142. The summed E-state index contributed by atoms with van der Waals surface area (Å²) in [4.78, 5) is 0. The van der Waals surface area contributed by atoms with Crippen molar-refractivity contribution in [3.05, 3.63) is 29.8 Å². The number of anilines is 1. The molecule has 0 radical (unpaired) electrons. The van der Waals surface area contributed by atoms with E-state index in [1.807, 2.05) is 0 Å². The summed E-state index contributed by atoms with van der Waals surface area (Å²) in [7, 11) is 0. The Balaban J connectivity index is 2.22. The highest BCUT2D eigenvalue weighted by Gasteiger charge is 2.56. The first-order valence-electron chi connectivity index (χ1n) is 5.17. The van der Waals surface area contributed by atoms with Gasteiger partial charge in [-0.3, -0.25) is 0 Å². The van der Waals surface area contributed by atoms with E-state index in [1.54, 1.807) is 0 Å². The summed E-state index contributed by atoms with van der Waals surface area (Å²) in [6.45, 7) is 5.30. The Bertz CT molecular complexity index is 390. The maximum atomic E-state index is 5.84. The minimum Gasteiger partial charge on any atom is -0.357 e. The van der Waals surface area contributed by atoms with Crippen LogP contribution in [0.1, 0.15) is 25.8 Å². The zero-order valence-electron chi connectivity index (χ0n) is 8.63. The Labute approximate surface area is 84.3 Å². The van der Waals surface area contributed by atoms with Crippen molar-refractivity contribution in [3.63, 3.8) is 0 Å². The van der Waals surface area contributed by atoms with Crippen molar-refractivity contribution in [3.8, 4) is 0 Å². The van der Waals surface area contributed by atoms with Gasteiger partial charge >= 0.3 is 0 Å². The molecular formula is C12H15NO. The van der Waals surface area contributed by atoms with Gasteiger partial charge in [0.25, 0.3) is 0 Å². The van der Waals surface area contributed by atoms with Gasteiger partial charge < -0.3 is 10.1 Å². The van der Waals surface area contributed by atoms with Gasteiger partial charge in [0.15, 0.2) is 0 Å². The fraction of sp³-hybridized carbons (Fsp3) is 0.500. The van der Waals surface area contributed by atoms with Crippen LogP contribution in [0.25, 0.3) is 0 Å². The van der Waals surface area contributed by atoms with Gasteiger partial charge in [-0.15, -0.1) is 0 Å². The van der Waals surface area contributed by atoms with Crippen LogP contribution in [0, 0.1) is 0 Å². The summed E-state index contributed by atoms with van der Waals surface area (Å²) >= 11 is 0. The van der Waals surface area contributed by atoms with Crippen LogP contribution in [0.5, 0.6) is 0 Å². The highest BCUT2D eigenvalue weighted by Crippen LogP contribution is 2.53. The standard InChI is InChI=1S/C12H15NO/c1-11-7-8-14-12(11,2)13-10-6-4-3-5-9(10)11/h3-6,13H,7-8H2,1-2H3. The van der Waals surface area contributed by atoms with Crippen LogP contribution in [0.2, 0.25) is 0 Å². The molecule has 2 nitrogen and oxygen atoms in total. The van der Waals surface area contributed by atoms with Crippen LogP contribution >= 0.6 is 0 Å². The molecule has 0 aromatic heterocycles. The van der Waals surface area contributed by atoms with E-state index in [-0.39, 0.29) is 11.1 Å². The second-order valence-electron chi connectivity index (χ2n) is 4.63. The molecule has 0 bridgehead atoms. The Morgan fingerprint density at radius 3 is 2.93 bits per heavy atom. The molecule has 1 N–H and O–H groups in total. The molecule has 2 heteroatoms. The molecule has 2 unspecified atom stereocenters. The Morgan fingerprint density at radius 2 is 2.07 bits per heavy atom. The maximum Gasteiger partial charge on any atom is 0.145 e. The molecule has 1 aromatic rings. The van der Waals surface area contributed by atoms with Crippen LogP contribution in [0.3, 0.4) is 0 Å². The number of hydrogen-bond acceptors (Lipinski definition) is 2. The summed E-state index contributed by atoms with van der Waals surface area (Å²) < 4.78 is 5.84. The number of benzene rings is 1. The van der Waals surface area contributed by atoms with Crippen LogP contribution in [-0.2, 0) is 10.2 Å². The first-order valence-corrected chi connectivity index (χ1v) is 5.17. The second-order valence-corrected chi connectivity index (χ2v) is 4.63. The lowest BCUT2D eigenvalue weighted by Gasteiger charge is -2.32. The summed E-state index contributed by atoms with van der Waals surface area (Å²) in [5.41, 5.74) is 2.58. The van der Waals surface area contributed by atoms with Crippen molar-refractivity contribution >= 4 is 5.69 Å². The molecule has 2 heterocycles. The molecule has 3 rings (SSSR count). The molecule has 2 aliphatic rings. The Hall–Kier alpha value is -1.02. The molecule has 2 aliphatic heterocycles. The van der Waals surface area contributed by atoms with Crippen LogP contribution < -0.4 is 5.32 Å². The number of para-hydroxylation sites is 1. The van der Waals surface area contributed by atoms with E-state index < -0.39 is 0 Å². The molecule has 1 fully saturated rings.